The van der Waals surface area contributed by atoms with E-state index in [-0.39, 0.29) is 29.2 Å². The van der Waals surface area contributed by atoms with E-state index in [1.54, 1.807) is 0 Å². The molecule has 0 unspecified atom stereocenters. The standard InChI is InChI=1S/C13H20N.ClH.Co/c1-5-11-8-10(4)9-12(6-2)13(11)14-7-3;;/h7-9,14H,5-6H2,1-4H3;1H;/q-1;;. The van der Waals surface area contributed by atoms with Gasteiger partial charge in [-0.3, -0.25) is 0 Å². The smallest absolute Gasteiger partial charge is 0.0111 e. The first-order valence-electron chi connectivity index (χ1n) is 5.39. The second-order valence-electron chi connectivity index (χ2n) is 3.60. The Morgan fingerprint density at radius 1 is 1.12 bits per heavy atom. The molecule has 1 N–H and O–H groups in total. The first kappa shape index (κ1) is 18.2. The number of anilines is 1. The van der Waals surface area contributed by atoms with Crippen molar-refractivity contribution in [3.63, 3.8) is 0 Å². The van der Waals surface area contributed by atoms with E-state index in [0.717, 1.165) is 12.8 Å². The van der Waals surface area contributed by atoms with Crippen LogP contribution in [-0.4, -0.2) is 0 Å². The van der Waals surface area contributed by atoms with E-state index in [2.05, 4.69) is 38.2 Å². The van der Waals surface area contributed by atoms with Gasteiger partial charge in [-0.05, 0) is 30.9 Å². The predicted octanol–water partition coefficient (Wildman–Crippen LogP) is 4.13. The first-order valence-corrected chi connectivity index (χ1v) is 5.39. The van der Waals surface area contributed by atoms with Crippen LogP contribution in [0.1, 0.15) is 37.5 Å². The second-order valence-corrected chi connectivity index (χ2v) is 3.60. The van der Waals surface area contributed by atoms with Gasteiger partial charge in [0.2, 0.25) is 0 Å². The van der Waals surface area contributed by atoms with E-state index >= 15 is 0 Å². The molecule has 0 spiro atoms. The Hall–Kier alpha value is -0.184. The Balaban J connectivity index is 0. The monoisotopic (exact) mass is 285 g/mol. The molecule has 3 heteroatoms. The average molecular weight is 286 g/mol. The molecule has 1 nitrogen and oxygen atoms in total. The maximum Gasteiger partial charge on any atom is 0.0111 e. The third kappa shape index (κ3) is 4.36. The molecule has 1 aromatic carbocycles. The number of hydrogen-bond acceptors (Lipinski definition) is 1. The predicted molar refractivity (Wildman–Crippen MR) is 70.8 cm³/mol. The van der Waals surface area contributed by atoms with E-state index in [0.29, 0.717) is 0 Å². The Kier molecular flexibility index (Phi) is 10.1. The van der Waals surface area contributed by atoms with Gasteiger partial charge < -0.3 is 5.32 Å². The summed E-state index contributed by atoms with van der Waals surface area (Å²) >= 11 is 0. The Bertz CT molecular complexity index is 288. The fourth-order valence-electron chi connectivity index (χ4n) is 1.83. The van der Waals surface area contributed by atoms with Gasteiger partial charge in [-0.1, -0.05) is 31.5 Å². The number of benzene rings is 1. The van der Waals surface area contributed by atoms with E-state index in [1.165, 1.54) is 22.4 Å². The van der Waals surface area contributed by atoms with Crippen molar-refractivity contribution in [3.8, 4) is 0 Å². The van der Waals surface area contributed by atoms with Gasteiger partial charge in [-0.15, -0.1) is 12.4 Å². The molecule has 16 heavy (non-hydrogen) atoms. The van der Waals surface area contributed by atoms with E-state index in [9.17, 15) is 0 Å². The van der Waals surface area contributed by atoms with Gasteiger partial charge in [0.1, 0.15) is 0 Å². The van der Waals surface area contributed by atoms with Gasteiger partial charge in [-0.25, -0.2) is 6.54 Å². The molecule has 0 heterocycles. The molecule has 0 aliphatic carbocycles. The van der Waals surface area contributed by atoms with Crippen molar-refractivity contribution >= 4 is 18.1 Å². The Morgan fingerprint density at radius 3 is 1.88 bits per heavy atom. The van der Waals surface area contributed by atoms with Crippen molar-refractivity contribution in [2.75, 3.05) is 5.32 Å². The zero-order valence-electron chi connectivity index (χ0n) is 10.4. The van der Waals surface area contributed by atoms with Crippen LogP contribution in [-0.2, 0) is 29.6 Å². The van der Waals surface area contributed by atoms with Gasteiger partial charge in [0.05, 0.1) is 0 Å². The van der Waals surface area contributed by atoms with Gasteiger partial charge in [0.25, 0.3) is 0 Å². The van der Waals surface area contributed by atoms with Crippen LogP contribution in [0.5, 0.6) is 0 Å². The number of hydrogen-bond donors (Lipinski definition) is 1. The van der Waals surface area contributed by atoms with Crippen LogP contribution >= 0.6 is 12.4 Å². The van der Waals surface area contributed by atoms with Crippen molar-refractivity contribution < 1.29 is 16.8 Å². The van der Waals surface area contributed by atoms with Gasteiger partial charge >= 0.3 is 0 Å². The third-order valence-corrected chi connectivity index (χ3v) is 2.50. The normalized spacial score (nSPS) is 9.00. The van der Waals surface area contributed by atoms with Crippen LogP contribution in [0.3, 0.4) is 0 Å². The molecule has 1 aromatic rings. The summed E-state index contributed by atoms with van der Waals surface area (Å²) in [4.78, 5) is 0. The van der Waals surface area contributed by atoms with E-state index in [1.807, 2.05) is 13.5 Å². The summed E-state index contributed by atoms with van der Waals surface area (Å²) in [5.41, 5.74) is 5.50. The minimum Gasteiger partial charge on any atom is -0.535 e. The summed E-state index contributed by atoms with van der Waals surface area (Å²) in [6.07, 6.45) is 2.18. The van der Waals surface area contributed by atoms with Crippen molar-refractivity contribution in [1.82, 2.24) is 0 Å². The molecule has 0 saturated heterocycles. The zero-order valence-corrected chi connectivity index (χ0v) is 12.2. The Labute approximate surface area is 116 Å². The molecule has 0 aliphatic heterocycles. The molecule has 0 bridgehead atoms. The number of nitrogens with one attached hydrogen (secondary N) is 1. The van der Waals surface area contributed by atoms with Crippen LogP contribution in [0.15, 0.2) is 12.1 Å². The quantitative estimate of drug-likeness (QED) is 0.820. The SMILES string of the molecule is C[CH-]Nc1c(CC)cc(C)cc1CC.Cl.[Co]. The summed E-state index contributed by atoms with van der Waals surface area (Å²) in [6, 6.07) is 4.54. The molecule has 1 radical (unpaired) electrons. The van der Waals surface area contributed by atoms with E-state index in [4.69, 9.17) is 0 Å². The van der Waals surface area contributed by atoms with Crippen LogP contribution in [0.2, 0.25) is 0 Å². The molecule has 95 valence electrons. The zero-order chi connectivity index (χ0) is 10.6. The molecule has 0 fully saturated rings. The van der Waals surface area contributed by atoms with Crippen molar-refractivity contribution in [1.29, 1.82) is 0 Å². The number of halogens is 1. The molecular weight excluding hydrogens is 265 g/mol. The van der Waals surface area contributed by atoms with Crippen LogP contribution in [0.4, 0.5) is 5.69 Å². The number of aryl methyl sites for hydroxylation is 3. The van der Waals surface area contributed by atoms with Crippen LogP contribution in [0, 0.1) is 13.5 Å². The number of rotatable bonds is 4. The third-order valence-electron chi connectivity index (χ3n) is 2.50. The fourth-order valence-corrected chi connectivity index (χ4v) is 1.83. The minimum atomic E-state index is 0. The van der Waals surface area contributed by atoms with Crippen molar-refractivity contribution in [2.24, 2.45) is 0 Å². The molecule has 0 saturated carbocycles. The summed E-state index contributed by atoms with van der Waals surface area (Å²) in [5, 5.41) is 3.35. The van der Waals surface area contributed by atoms with Crippen LogP contribution < -0.4 is 5.32 Å². The van der Waals surface area contributed by atoms with Gasteiger partial charge in [-0.2, -0.15) is 6.92 Å². The van der Waals surface area contributed by atoms with Gasteiger partial charge in [0, 0.05) is 22.5 Å². The van der Waals surface area contributed by atoms with Gasteiger partial charge in [0.15, 0.2) is 0 Å². The van der Waals surface area contributed by atoms with Crippen molar-refractivity contribution in [2.45, 2.75) is 40.5 Å². The summed E-state index contributed by atoms with van der Waals surface area (Å²) in [6.45, 7) is 10.6. The molecule has 0 amide bonds. The minimum absolute atomic E-state index is 0. The molecule has 0 atom stereocenters. The maximum absolute atomic E-state index is 3.35. The topological polar surface area (TPSA) is 12.0 Å². The molecule has 1 rings (SSSR count). The molecule has 0 aromatic heterocycles. The summed E-state index contributed by atoms with van der Waals surface area (Å²) < 4.78 is 0. The molecular formula is C13H21ClCoN-. The maximum atomic E-state index is 3.35. The fraction of sp³-hybridized carbons (Fsp3) is 0.462. The summed E-state index contributed by atoms with van der Waals surface area (Å²) in [5.74, 6) is 0. The largest absolute Gasteiger partial charge is 0.535 e. The summed E-state index contributed by atoms with van der Waals surface area (Å²) in [7, 11) is 0. The second kappa shape index (κ2) is 8.91. The Morgan fingerprint density at radius 2 is 1.56 bits per heavy atom. The van der Waals surface area contributed by atoms with Crippen LogP contribution in [0.25, 0.3) is 0 Å². The average Bonchev–Trinajstić information content (AvgIpc) is 2.20. The van der Waals surface area contributed by atoms with Crippen molar-refractivity contribution in [3.05, 3.63) is 35.4 Å². The van der Waals surface area contributed by atoms with E-state index < -0.39 is 0 Å². The first-order chi connectivity index (χ1) is 6.72. The molecule has 0 aliphatic rings.